The number of thioether (sulfide) groups is 1. The maximum absolute atomic E-state index is 13.1. The SMILES string of the molecule is O=C(C1CC1)N1CCC2(CC1)SCCN2C(=O)c1ccc(Cl)cc1Cl. The summed E-state index contributed by atoms with van der Waals surface area (Å²) in [6, 6.07) is 5.02. The van der Waals surface area contributed by atoms with Crippen LogP contribution in [0.2, 0.25) is 10.0 Å². The highest BCUT2D eigenvalue weighted by atomic mass is 35.5. The molecule has 7 heteroatoms. The van der Waals surface area contributed by atoms with Crippen molar-refractivity contribution in [1.82, 2.24) is 9.80 Å². The fourth-order valence-corrected chi connectivity index (χ4v) is 5.73. The van der Waals surface area contributed by atoms with Gasteiger partial charge in [0, 0.05) is 36.3 Å². The highest BCUT2D eigenvalue weighted by molar-refractivity contribution is 8.00. The lowest BCUT2D eigenvalue weighted by atomic mass is 10.0. The predicted octanol–water partition coefficient (Wildman–Crippen LogP) is 3.91. The minimum Gasteiger partial charge on any atom is -0.342 e. The van der Waals surface area contributed by atoms with Crippen LogP contribution in [-0.2, 0) is 4.79 Å². The fourth-order valence-electron chi connectivity index (χ4n) is 3.78. The van der Waals surface area contributed by atoms with E-state index in [4.69, 9.17) is 23.2 Å². The highest BCUT2D eigenvalue weighted by Gasteiger charge is 2.48. The van der Waals surface area contributed by atoms with Crippen LogP contribution in [0.25, 0.3) is 0 Å². The van der Waals surface area contributed by atoms with Gasteiger partial charge < -0.3 is 9.80 Å². The number of hydrogen-bond donors (Lipinski definition) is 0. The zero-order valence-corrected chi connectivity index (χ0v) is 16.2. The minimum absolute atomic E-state index is 0.0337. The van der Waals surface area contributed by atoms with Gasteiger partial charge in [-0.25, -0.2) is 0 Å². The van der Waals surface area contributed by atoms with Crippen LogP contribution in [0.1, 0.15) is 36.0 Å². The summed E-state index contributed by atoms with van der Waals surface area (Å²) in [6.07, 6.45) is 3.73. The summed E-state index contributed by atoms with van der Waals surface area (Å²) in [7, 11) is 0. The minimum atomic E-state index is -0.208. The molecular formula is C18H20Cl2N2O2S. The first kappa shape index (κ1) is 17.5. The van der Waals surface area contributed by atoms with Crippen LogP contribution in [0, 0.1) is 5.92 Å². The van der Waals surface area contributed by atoms with Gasteiger partial charge in [-0.05, 0) is 43.9 Å². The first-order valence-electron chi connectivity index (χ1n) is 8.70. The van der Waals surface area contributed by atoms with Crippen LogP contribution in [-0.4, -0.2) is 51.9 Å². The third-order valence-corrected chi connectivity index (χ3v) is 7.47. The molecule has 0 unspecified atom stereocenters. The van der Waals surface area contributed by atoms with Crippen molar-refractivity contribution in [2.75, 3.05) is 25.4 Å². The topological polar surface area (TPSA) is 40.6 Å². The normalized spacial score (nSPS) is 22.5. The van der Waals surface area contributed by atoms with Gasteiger partial charge in [-0.15, -0.1) is 11.8 Å². The number of halogens is 2. The van der Waals surface area contributed by atoms with Crippen LogP contribution < -0.4 is 0 Å². The Morgan fingerprint density at radius 3 is 2.48 bits per heavy atom. The first-order chi connectivity index (χ1) is 12.0. The van der Waals surface area contributed by atoms with Gasteiger partial charge in [0.2, 0.25) is 5.91 Å². The van der Waals surface area contributed by atoms with Crippen molar-refractivity contribution >= 4 is 46.8 Å². The van der Waals surface area contributed by atoms with E-state index in [1.807, 2.05) is 21.6 Å². The second kappa shape index (κ2) is 6.67. The van der Waals surface area contributed by atoms with Gasteiger partial charge in [0.05, 0.1) is 15.5 Å². The number of hydrogen-bond acceptors (Lipinski definition) is 3. The lowest BCUT2D eigenvalue weighted by Gasteiger charge is -2.44. The number of amides is 2. The zero-order valence-electron chi connectivity index (χ0n) is 13.8. The van der Waals surface area contributed by atoms with Crippen molar-refractivity contribution in [3.63, 3.8) is 0 Å². The van der Waals surface area contributed by atoms with Crippen LogP contribution in [0.15, 0.2) is 18.2 Å². The largest absolute Gasteiger partial charge is 0.342 e. The van der Waals surface area contributed by atoms with Crippen molar-refractivity contribution in [2.45, 2.75) is 30.6 Å². The maximum atomic E-state index is 13.1. The van der Waals surface area contributed by atoms with Crippen LogP contribution in [0.5, 0.6) is 0 Å². The molecule has 2 saturated heterocycles. The van der Waals surface area contributed by atoms with E-state index in [9.17, 15) is 9.59 Å². The molecule has 2 amide bonds. The summed E-state index contributed by atoms with van der Waals surface area (Å²) >= 11 is 14.0. The number of rotatable bonds is 2. The summed E-state index contributed by atoms with van der Waals surface area (Å²) in [5.41, 5.74) is 0.504. The number of likely N-dealkylation sites (tertiary alicyclic amines) is 1. The lowest BCUT2D eigenvalue weighted by Crippen LogP contribution is -2.53. The number of nitrogens with zero attached hydrogens (tertiary/aromatic N) is 2. The Bertz CT molecular complexity index is 715. The van der Waals surface area contributed by atoms with Gasteiger partial charge >= 0.3 is 0 Å². The molecule has 1 spiro atoms. The Hall–Kier alpha value is -0.910. The Kier molecular flexibility index (Phi) is 4.67. The van der Waals surface area contributed by atoms with Crippen molar-refractivity contribution in [2.24, 2.45) is 5.92 Å². The van der Waals surface area contributed by atoms with Gasteiger partial charge in [0.25, 0.3) is 5.91 Å². The summed E-state index contributed by atoms with van der Waals surface area (Å²) in [5, 5.41) is 0.921. The summed E-state index contributed by atoms with van der Waals surface area (Å²) in [6.45, 7) is 2.19. The van der Waals surface area contributed by atoms with Crippen LogP contribution >= 0.6 is 35.0 Å². The molecule has 0 atom stereocenters. The standard InChI is InChI=1S/C18H20Cl2N2O2S/c19-13-3-4-14(15(20)11-13)17(24)22-9-10-25-18(22)5-7-21(8-6-18)16(23)12-1-2-12/h3-4,11-12H,1-2,5-10H2. The van der Waals surface area contributed by atoms with E-state index in [-0.39, 0.29) is 16.7 Å². The van der Waals surface area contributed by atoms with Crippen molar-refractivity contribution in [3.8, 4) is 0 Å². The third kappa shape index (κ3) is 3.26. The molecule has 4 rings (SSSR count). The second-order valence-corrected chi connectivity index (χ2v) is 9.28. The summed E-state index contributed by atoms with van der Waals surface area (Å²) in [4.78, 5) is 29.1. The van der Waals surface area contributed by atoms with E-state index in [1.54, 1.807) is 18.2 Å². The molecule has 0 bridgehead atoms. The number of piperidine rings is 1. The molecule has 1 aliphatic carbocycles. The number of carbonyl (C=O) groups is 2. The van der Waals surface area contributed by atoms with Crippen LogP contribution in [0.3, 0.4) is 0 Å². The van der Waals surface area contributed by atoms with E-state index in [0.29, 0.717) is 21.5 Å². The second-order valence-electron chi connectivity index (χ2n) is 6.98. The number of benzene rings is 1. The van der Waals surface area contributed by atoms with Crippen molar-refractivity contribution < 1.29 is 9.59 Å². The molecule has 1 aromatic rings. The molecule has 0 N–H and O–H groups in total. The quantitative estimate of drug-likeness (QED) is 0.757. The van der Waals surface area contributed by atoms with E-state index >= 15 is 0 Å². The van der Waals surface area contributed by atoms with Gasteiger partial charge in [-0.1, -0.05) is 23.2 Å². The third-order valence-electron chi connectivity index (χ3n) is 5.37. The van der Waals surface area contributed by atoms with E-state index in [1.165, 1.54) is 0 Å². The predicted molar refractivity (Wildman–Crippen MR) is 101 cm³/mol. The molecule has 2 aliphatic heterocycles. The van der Waals surface area contributed by atoms with Gasteiger partial charge in [0.15, 0.2) is 0 Å². The van der Waals surface area contributed by atoms with E-state index < -0.39 is 0 Å². The molecule has 0 aromatic heterocycles. The molecule has 0 radical (unpaired) electrons. The van der Waals surface area contributed by atoms with Gasteiger partial charge in [0.1, 0.15) is 0 Å². The average molecular weight is 399 g/mol. The molecule has 4 nitrogen and oxygen atoms in total. The van der Waals surface area contributed by atoms with Crippen molar-refractivity contribution in [3.05, 3.63) is 33.8 Å². The molecule has 3 aliphatic rings. The van der Waals surface area contributed by atoms with Gasteiger partial charge in [-0.2, -0.15) is 0 Å². The monoisotopic (exact) mass is 398 g/mol. The highest BCUT2D eigenvalue weighted by Crippen LogP contribution is 2.45. The zero-order chi connectivity index (χ0) is 17.6. The molecule has 3 fully saturated rings. The van der Waals surface area contributed by atoms with Crippen molar-refractivity contribution in [1.29, 1.82) is 0 Å². The summed E-state index contributed by atoms with van der Waals surface area (Å²) in [5.74, 6) is 1.45. The molecular weight excluding hydrogens is 379 g/mol. The fraction of sp³-hybridized carbons (Fsp3) is 0.556. The molecule has 1 aromatic carbocycles. The van der Waals surface area contributed by atoms with Gasteiger partial charge in [-0.3, -0.25) is 9.59 Å². The van der Waals surface area contributed by atoms with E-state index in [0.717, 1.165) is 51.1 Å². The Balaban J connectivity index is 1.50. The molecule has 1 saturated carbocycles. The molecule has 134 valence electrons. The number of carbonyl (C=O) groups excluding carboxylic acids is 2. The van der Waals surface area contributed by atoms with E-state index in [2.05, 4.69) is 0 Å². The maximum Gasteiger partial charge on any atom is 0.256 e. The first-order valence-corrected chi connectivity index (χ1v) is 10.4. The Labute approximate surface area is 161 Å². The molecule has 2 heterocycles. The summed E-state index contributed by atoms with van der Waals surface area (Å²) < 4.78 is 0. The average Bonchev–Trinajstić information content (AvgIpc) is 3.37. The Morgan fingerprint density at radius 1 is 1.12 bits per heavy atom. The smallest absolute Gasteiger partial charge is 0.256 e. The Morgan fingerprint density at radius 2 is 1.84 bits per heavy atom. The molecule has 25 heavy (non-hydrogen) atoms. The van der Waals surface area contributed by atoms with Crippen LogP contribution in [0.4, 0.5) is 0 Å². The lowest BCUT2D eigenvalue weighted by molar-refractivity contribution is -0.134.